The van der Waals surface area contributed by atoms with Crippen LogP contribution >= 0.6 is 27.5 Å². The number of nitrogens with one attached hydrogen (secondary N) is 1. The van der Waals surface area contributed by atoms with E-state index in [9.17, 15) is 22.4 Å². The molecule has 0 unspecified atom stereocenters. The number of carbonyl (C=O) groups is 1. The number of piperazine rings is 1. The lowest BCUT2D eigenvalue weighted by molar-refractivity contribution is -0.189. The third-order valence-electron chi connectivity index (χ3n) is 5.25. The summed E-state index contributed by atoms with van der Waals surface area (Å²) in [5.74, 6) is -2.70. The first-order chi connectivity index (χ1) is 15.6. The van der Waals surface area contributed by atoms with Crippen LogP contribution in [0.2, 0.25) is 5.02 Å². The number of esters is 1. The third-order valence-corrected chi connectivity index (χ3v) is 6.53. The highest BCUT2D eigenvalue weighted by Gasteiger charge is 2.42. The monoisotopic (exact) mass is 548 g/mol. The number of ether oxygens (including phenoxy) is 1. The predicted molar refractivity (Wildman–Crippen MR) is 119 cm³/mol. The number of carbonyl (C=O) groups excluding carboxylic acids is 1. The molecule has 1 fully saturated rings. The molecule has 0 aliphatic carbocycles. The fourth-order valence-corrected chi connectivity index (χ4v) is 4.23. The highest BCUT2D eigenvalue weighted by Crippen LogP contribution is 2.39. The summed E-state index contributed by atoms with van der Waals surface area (Å²) in [6.07, 6.45) is -5.16. The van der Waals surface area contributed by atoms with Crippen molar-refractivity contribution < 1.29 is 27.1 Å². The molecule has 0 amide bonds. The fourth-order valence-electron chi connectivity index (χ4n) is 3.64. The van der Waals surface area contributed by atoms with Crippen molar-refractivity contribution in [3.63, 3.8) is 0 Å². The van der Waals surface area contributed by atoms with Gasteiger partial charge in [-0.1, -0.05) is 17.7 Å². The van der Waals surface area contributed by atoms with Crippen molar-refractivity contribution in [3.8, 4) is 5.75 Å². The molecule has 2 aromatic carbocycles. The second kappa shape index (κ2) is 9.11. The van der Waals surface area contributed by atoms with Gasteiger partial charge >= 0.3 is 12.1 Å². The molecule has 1 N–H and O–H groups in total. The first-order valence-electron chi connectivity index (χ1n) is 9.94. The van der Waals surface area contributed by atoms with Gasteiger partial charge in [0.05, 0.1) is 21.6 Å². The van der Waals surface area contributed by atoms with Gasteiger partial charge in [-0.15, -0.1) is 0 Å². The molecule has 1 aromatic heterocycles. The maximum absolute atomic E-state index is 13.7. The largest absolute Gasteiger partial charge is 0.491 e. The van der Waals surface area contributed by atoms with Crippen LogP contribution < -0.4 is 15.0 Å². The van der Waals surface area contributed by atoms with E-state index in [2.05, 4.69) is 26.2 Å². The number of alkyl halides is 3. The van der Waals surface area contributed by atoms with Crippen LogP contribution in [0.5, 0.6) is 5.75 Å². The summed E-state index contributed by atoms with van der Waals surface area (Å²) in [6.45, 7) is 4.53. The molecule has 4 rings (SSSR count). The number of hydrogen-bond acceptors (Lipinski definition) is 5. The number of imidazole rings is 1. The summed E-state index contributed by atoms with van der Waals surface area (Å²) >= 11 is 9.18. The van der Waals surface area contributed by atoms with Gasteiger partial charge in [0, 0.05) is 26.2 Å². The van der Waals surface area contributed by atoms with Crippen LogP contribution in [0.15, 0.2) is 28.7 Å². The summed E-state index contributed by atoms with van der Waals surface area (Å²) in [7, 11) is 0. The van der Waals surface area contributed by atoms with Gasteiger partial charge < -0.3 is 19.5 Å². The van der Waals surface area contributed by atoms with E-state index in [-0.39, 0.29) is 27.3 Å². The molecule has 0 atom stereocenters. The molecule has 6 nitrogen and oxygen atoms in total. The molecule has 1 saturated heterocycles. The first-order valence-corrected chi connectivity index (χ1v) is 11.1. The van der Waals surface area contributed by atoms with E-state index < -0.39 is 18.0 Å². The number of benzene rings is 2. The Morgan fingerprint density at radius 3 is 2.61 bits per heavy atom. The zero-order chi connectivity index (χ0) is 23.9. The van der Waals surface area contributed by atoms with Gasteiger partial charge in [0.2, 0.25) is 5.95 Å². The van der Waals surface area contributed by atoms with E-state index in [1.165, 1.54) is 12.1 Å². The molecule has 176 valence electrons. The number of aromatic nitrogens is 2. The number of nitrogens with zero attached hydrogens (tertiary/aromatic N) is 3. The molecule has 0 radical (unpaired) electrons. The minimum absolute atomic E-state index is 0.0423. The number of aryl methyl sites for hydroxylation is 1. The fraction of sp³-hybridized carbons (Fsp3) is 0.333. The number of fused-ring (bicyclic) bond motifs is 1. The number of halogens is 6. The normalized spacial score (nSPS) is 14.7. The summed E-state index contributed by atoms with van der Waals surface area (Å²) in [5.41, 5.74) is 1.80. The Morgan fingerprint density at radius 1 is 1.27 bits per heavy atom. The van der Waals surface area contributed by atoms with Gasteiger partial charge in [-0.05, 0) is 52.2 Å². The predicted octanol–water partition coefficient (Wildman–Crippen LogP) is 4.83. The topological polar surface area (TPSA) is 59.4 Å². The Kier molecular flexibility index (Phi) is 6.56. The number of rotatable bonds is 4. The van der Waals surface area contributed by atoms with E-state index >= 15 is 0 Å². The van der Waals surface area contributed by atoms with Crippen molar-refractivity contribution in [1.29, 1.82) is 0 Å². The minimum atomic E-state index is -5.16. The Labute approximate surface area is 199 Å². The molecule has 12 heteroatoms. The molecular formula is C21H18BrClF4N4O2. The molecule has 1 aliphatic rings. The lowest BCUT2D eigenvalue weighted by Crippen LogP contribution is -2.44. The average molecular weight is 550 g/mol. The van der Waals surface area contributed by atoms with E-state index in [0.29, 0.717) is 48.8 Å². The van der Waals surface area contributed by atoms with Gasteiger partial charge in [-0.3, -0.25) is 0 Å². The summed E-state index contributed by atoms with van der Waals surface area (Å²) in [5, 5.41) is 3.19. The molecule has 2 heterocycles. The summed E-state index contributed by atoms with van der Waals surface area (Å²) < 4.78 is 59.2. The van der Waals surface area contributed by atoms with Crippen LogP contribution in [-0.2, 0) is 11.3 Å². The van der Waals surface area contributed by atoms with Crippen molar-refractivity contribution in [2.45, 2.75) is 19.6 Å². The van der Waals surface area contributed by atoms with Gasteiger partial charge in [0.15, 0.2) is 5.75 Å². The van der Waals surface area contributed by atoms with Crippen molar-refractivity contribution >= 4 is 50.5 Å². The molecule has 33 heavy (non-hydrogen) atoms. The van der Waals surface area contributed by atoms with E-state index in [4.69, 9.17) is 16.3 Å². The second-order valence-electron chi connectivity index (χ2n) is 7.58. The van der Waals surface area contributed by atoms with Crippen LogP contribution in [0.4, 0.5) is 23.5 Å². The van der Waals surface area contributed by atoms with Gasteiger partial charge in [0.1, 0.15) is 11.3 Å². The lowest BCUT2D eigenvalue weighted by atomic mass is 10.2. The SMILES string of the molecule is Cc1cc2c(nc(N3CCNCC3)n2Cc2ccc(F)c(Cl)c2)c(OC(=O)C(F)(F)F)c1Br. The maximum Gasteiger partial charge on any atom is 0.491 e. The Bertz CT molecular complexity index is 1230. The average Bonchev–Trinajstić information content (AvgIpc) is 3.11. The van der Waals surface area contributed by atoms with Crippen LogP contribution in [0.3, 0.4) is 0 Å². The van der Waals surface area contributed by atoms with Gasteiger partial charge in [-0.25, -0.2) is 14.2 Å². The lowest BCUT2D eigenvalue weighted by Gasteiger charge is -2.29. The van der Waals surface area contributed by atoms with E-state index in [0.717, 1.165) is 0 Å². The standard InChI is InChI=1S/C21H18BrClF4N4O2/c1-11-8-15-17(18(16(11)22)33-19(32)21(25,26)27)29-20(30-6-4-28-5-7-30)31(15)10-12-2-3-14(24)13(23)9-12/h2-3,8-9,28H,4-7,10H2,1H3. The van der Waals surface area contributed by atoms with E-state index in [1.807, 2.05) is 4.90 Å². The van der Waals surface area contributed by atoms with Gasteiger partial charge in [0.25, 0.3) is 0 Å². The first kappa shape index (κ1) is 23.8. The number of hydrogen-bond donors (Lipinski definition) is 1. The zero-order valence-electron chi connectivity index (χ0n) is 17.3. The summed E-state index contributed by atoms with van der Waals surface area (Å²) in [4.78, 5) is 18.2. The van der Waals surface area contributed by atoms with Crippen LogP contribution in [0.25, 0.3) is 11.0 Å². The maximum atomic E-state index is 13.7. The van der Waals surface area contributed by atoms with Crippen LogP contribution in [-0.4, -0.2) is 47.9 Å². The molecule has 0 saturated carbocycles. The van der Waals surface area contributed by atoms with Gasteiger partial charge in [-0.2, -0.15) is 13.2 Å². The Balaban J connectivity index is 1.89. The highest BCUT2D eigenvalue weighted by atomic mass is 79.9. The zero-order valence-corrected chi connectivity index (χ0v) is 19.6. The summed E-state index contributed by atoms with van der Waals surface area (Å²) in [6, 6.07) is 6.05. The van der Waals surface area contributed by atoms with Crippen LogP contribution in [0.1, 0.15) is 11.1 Å². The van der Waals surface area contributed by atoms with E-state index in [1.54, 1.807) is 23.6 Å². The third kappa shape index (κ3) is 4.80. The molecule has 3 aromatic rings. The minimum Gasteiger partial charge on any atom is -0.416 e. The highest BCUT2D eigenvalue weighted by molar-refractivity contribution is 9.10. The Morgan fingerprint density at radius 2 is 1.97 bits per heavy atom. The number of anilines is 1. The Hall–Kier alpha value is -2.37. The molecular weight excluding hydrogens is 532 g/mol. The quantitative estimate of drug-likeness (QED) is 0.287. The molecule has 1 aliphatic heterocycles. The van der Waals surface area contributed by atoms with Crippen molar-refractivity contribution in [3.05, 3.63) is 50.7 Å². The van der Waals surface area contributed by atoms with Crippen molar-refractivity contribution in [2.24, 2.45) is 0 Å². The smallest absolute Gasteiger partial charge is 0.416 e. The molecule has 0 spiro atoms. The van der Waals surface area contributed by atoms with Crippen molar-refractivity contribution in [2.75, 3.05) is 31.1 Å². The van der Waals surface area contributed by atoms with Crippen LogP contribution in [0, 0.1) is 12.7 Å². The molecule has 0 bridgehead atoms. The van der Waals surface area contributed by atoms with Crippen molar-refractivity contribution in [1.82, 2.24) is 14.9 Å². The second-order valence-corrected chi connectivity index (χ2v) is 8.78.